The van der Waals surface area contributed by atoms with Crippen molar-refractivity contribution in [2.45, 2.75) is 39.4 Å². The molecule has 0 fully saturated rings. The fourth-order valence-corrected chi connectivity index (χ4v) is 3.11. The summed E-state index contributed by atoms with van der Waals surface area (Å²) in [5.74, 6) is 1.29. The van der Waals surface area contributed by atoms with Gasteiger partial charge in [-0.05, 0) is 45.0 Å². The number of nitrogens with zero attached hydrogens (tertiary/aromatic N) is 4. The molecule has 0 aliphatic carbocycles. The van der Waals surface area contributed by atoms with Crippen molar-refractivity contribution >= 4 is 5.91 Å². The molecule has 3 aromatic heterocycles. The molecule has 0 N–H and O–H groups in total. The van der Waals surface area contributed by atoms with Gasteiger partial charge in [-0.15, -0.1) is 0 Å². The Hall–Kier alpha value is -2.76. The number of aromatic nitrogens is 3. The van der Waals surface area contributed by atoms with Crippen LogP contribution in [-0.2, 0) is 18.6 Å². The minimum atomic E-state index is -0.139. The van der Waals surface area contributed by atoms with Gasteiger partial charge in [0.05, 0.1) is 30.6 Å². The second-order valence-corrected chi connectivity index (χ2v) is 7.06. The van der Waals surface area contributed by atoms with Crippen LogP contribution >= 0.6 is 0 Å². The molecule has 0 radical (unpaired) electrons. The van der Waals surface area contributed by atoms with Crippen molar-refractivity contribution in [2.75, 3.05) is 0 Å². The lowest BCUT2D eigenvalue weighted by Gasteiger charge is -2.24. The van der Waals surface area contributed by atoms with E-state index in [4.69, 9.17) is 9.52 Å². The maximum absolute atomic E-state index is 12.5. The van der Waals surface area contributed by atoms with Gasteiger partial charge in [0, 0.05) is 18.0 Å². The molecule has 1 aliphatic rings. The molecular weight excluding hydrogens is 304 g/mol. The molecule has 0 aromatic carbocycles. The number of furan rings is 1. The number of fused-ring (bicyclic) bond motifs is 1. The lowest BCUT2D eigenvalue weighted by atomic mass is 10.1. The molecule has 0 saturated heterocycles. The molecule has 0 bridgehead atoms. The van der Waals surface area contributed by atoms with Crippen LogP contribution in [0, 0.1) is 0 Å². The van der Waals surface area contributed by atoms with E-state index in [-0.39, 0.29) is 11.4 Å². The van der Waals surface area contributed by atoms with Gasteiger partial charge in [-0.1, -0.05) is 0 Å². The Morgan fingerprint density at radius 1 is 1.17 bits per heavy atom. The Morgan fingerprint density at radius 2 is 1.92 bits per heavy atom. The van der Waals surface area contributed by atoms with Crippen molar-refractivity contribution in [2.24, 2.45) is 0 Å². The first-order valence-electron chi connectivity index (χ1n) is 8.02. The first-order valence-corrected chi connectivity index (χ1v) is 8.02. The van der Waals surface area contributed by atoms with Gasteiger partial charge < -0.3 is 13.9 Å². The first kappa shape index (κ1) is 14.8. The van der Waals surface area contributed by atoms with Crippen LogP contribution in [0.1, 0.15) is 42.6 Å². The third-order valence-corrected chi connectivity index (χ3v) is 4.23. The molecule has 0 unspecified atom stereocenters. The standard InChI is InChI=1S/C18H20N4O2/c1-18(2,3)22-16(20-8-4-5-9-20)13-11-21(12-14(13)19-22)17(23)15-7-6-10-24-15/h4-10H,11-12H2,1-3H3. The molecule has 0 atom stereocenters. The van der Waals surface area contributed by atoms with Gasteiger partial charge in [-0.25, -0.2) is 4.68 Å². The van der Waals surface area contributed by atoms with Crippen molar-refractivity contribution in [3.63, 3.8) is 0 Å². The largest absolute Gasteiger partial charge is 0.459 e. The summed E-state index contributed by atoms with van der Waals surface area (Å²) in [7, 11) is 0. The first-order chi connectivity index (χ1) is 11.4. The van der Waals surface area contributed by atoms with Gasteiger partial charge in [0.15, 0.2) is 5.76 Å². The molecule has 0 saturated carbocycles. The van der Waals surface area contributed by atoms with Crippen LogP contribution in [0.25, 0.3) is 5.82 Å². The van der Waals surface area contributed by atoms with Gasteiger partial charge >= 0.3 is 0 Å². The number of hydrogen-bond donors (Lipinski definition) is 0. The lowest BCUT2D eigenvalue weighted by molar-refractivity contribution is 0.0716. The van der Waals surface area contributed by atoms with E-state index < -0.39 is 0 Å². The molecule has 0 spiro atoms. The Kier molecular flexibility index (Phi) is 3.16. The van der Waals surface area contributed by atoms with E-state index in [9.17, 15) is 4.79 Å². The molecular formula is C18H20N4O2. The third kappa shape index (κ3) is 2.26. The topological polar surface area (TPSA) is 56.2 Å². The van der Waals surface area contributed by atoms with E-state index in [0.29, 0.717) is 18.8 Å². The van der Waals surface area contributed by atoms with Gasteiger partial charge in [0.25, 0.3) is 5.91 Å². The second kappa shape index (κ2) is 5.12. The molecule has 24 heavy (non-hydrogen) atoms. The highest BCUT2D eigenvalue weighted by atomic mass is 16.3. The van der Waals surface area contributed by atoms with Crippen molar-refractivity contribution in [1.29, 1.82) is 0 Å². The van der Waals surface area contributed by atoms with Crippen LogP contribution < -0.4 is 0 Å². The number of rotatable bonds is 2. The predicted molar refractivity (Wildman–Crippen MR) is 88.8 cm³/mol. The van der Waals surface area contributed by atoms with Gasteiger partial charge in [0.2, 0.25) is 0 Å². The van der Waals surface area contributed by atoms with Crippen molar-refractivity contribution in [1.82, 2.24) is 19.2 Å². The van der Waals surface area contributed by atoms with Crippen LogP contribution in [0.5, 0.6) is 0 Å². The van der Waals surface area contributed by atoms with E-state index in [0.717, 1.165) is 17.1 Å². The Bertz CT molecular complexity index is 867. The Balaban J connectivity index is 1.74. The quantitative estimate of drug-likeness (QED) is 0.727. The zero-order valence-corrected chi connectivity index (χ0v) is 14.1. The number of carbonyl (C=O) groups is 1. The maximum atomic E-state index is 12.5. The van der Waals surface area contributed by atoms with Crippen molar-refractivity contribution < 1.29 is 9.21 Å². The fraction of sp³-hybridized carbons (Fsp3) is 0.333. The number of hydrogen-bond acceptors (Lipinski definition) is 3. The van der Waals surface area contributed by atoms with E-state index in [1.165, 1.54) is 6.26 Å². The fourth-order valence-electron chi connectivity index (χ4n) is 3.11. The average Bonchev–Trinajstić information content (AvgIpc) is 3.27. The zero-order valence-electron chi connectivity index (χ0n) is 14.1. The molecule has 1 aliphatic heterocycles. The summed E-state index contributed by atoms with van der Waals surface area (Å²) < 4.78 is 9.36. The van der Waals surface area contributed by atoms with Crippen molar-refractivity contribution in [3.05, 3.63) is 59.9 Å². The molecule has 6 nitrogen and oxygen atoms in total. The third-order valence-electron chi connectivity index (χ3n) is 4.23. The number of carbonyl (C=O) groups excluding carboxylic acids is 1. The summed E-state index contributed by atoms with van der Waals surface area (Å²) in [5, 5.41) is 4.80. The van der Waals surface area contributed by atoms with Gasteiger partial charge in [-0.3, -0.25) is 4.79 Å². The minimum absolute atomic E-state index is 0.0984. The molecule has 1 amide bonds. The van der Waals surface area contributed by atoms with Gasteiger partial charge in [-0.2, -0.15) is 5.10 Å². The summed E-state index contributed by atoms with van der Waals surface area (Å²) in [6.45, 7) is 7.44. The summed E-state index contributed by atoms with van der Waals surface area (Å²) in [5.41, 5.74) is 1.91. The van der Waals surface area contributed by atoms with Crippen LogP contribution in [0.3, 0.4) is 0 Å². The van der Waals surface area contributed by atoms with E-state index in [1.54, 1.807) is 17.0 Å². The highest BCUT2D eigenvalue weighted by Crippen LogP contribution is 2.32. The van der Waals surface area contributed by atoms with Crippen LogP contribution in [0.15, 0.2) is 47.3 Å². The Morgan fingerprint density at radius 3 is 2.54 bits per heavy atom. The predicted octanol–water partition coefficient (Wildman–Crippen LogP) is 3.18. The van der Waals surface area contributed by atoms with E-state index >= 15 is 0 Å². The lowest BCUT2D eigenvalue weighted by Crippen LogP contribution is -2.29. The SMILES string of the molecule is CC(C)(C)n1nc2c(c1-n1cccc1)CN(C(=O)c1ccco1)C2. The molecule has 6 heteroatoms. The Labute approximate surface area is 140 Å². The summed E-state index contributed by atoms with van der Waals surface area (Å²) in [4.78, 5) is 14.3. The molecule has 4 rings (SSSR count). The summed E-state index contributed by atoms with van der Waals surface area (Å²) in [6, 6.07) is 7.41. The van der Waals surface area contributed by atoms with E-state index in [2.05, 4.69) is 25.3 Å². The molecule has 3 aromatic rings. The van der Waals surface area contributed by atoms with Crippen LogP contribution in [-0.4, -0.2) is 25.2 Å². The second-order valence-electron chi connectivity index (χ2n) is 7.06. The van der Waals surface area contributed by atoms with Crippen molar-refractivity contribution in [3.8, 4) is 5.82 Å². The minimum Gasteiger partial charge on any atom is -0.459 e. The molecule has 124 valence electrons. The smallest absolute Gasteiger partial charge is 0.290 e. The summed E-state index contributed by atoms with van der Waals surface area (Å²) >= 11 is 0. The normalized spacial score (nSPS) is 14.2. The highest BCUT2D eigenvalue weighted by molar-refractivity contribution is 5.91. The maximum Gasteiger partial charge on any atom is 0.290 e. The number of amides is 1. The van der Waals surface area contributed by atoms with E-state index in [1.807, 2.05) is 29.2 Å². The highest BCUT2D eigenvalue weighted by Gasteiger charge is 2.34. The summed E-state index contributed by atoms with van der Waals surface area (Å²) in [6.07, 6.45) is 5.54. The monoisotopic (exact) mass is 324 g/mol. The average molecular weight is 324 g/mol. The zero-order chi connectivity index (χ0) is 16.9. The van der Waals surface area contributed by atoms with Gasteiger partial charge in [0.1, 0.15) is 5.82 Å². The molecule has 4 heterocycles. The van der Waals surface area contributed by atoms with Crippen LogP contribution in [0.4, 0.5) is 0 Å². The van der Waals surface area contributed by atoms with Crippen LogP contribution in [0.2, 0.25) is 0 Å².